The summed E-state index contributed by atoms with van der Waals surface area (Å²) in [7, 11) is 0. The fourth-order valence-corrected chi connectivity index (χ4v) is 3.20. The first-order chi connectivity index (χ1) is 9.06. The van der Waals surface area contributed by atoms with Gasteiger partial charge in [0.1, 0.15) is 12.8 Å². The summed E-state index contributed by atoms with van der Waals surface area (Å²) in [6.07, 6.45) is -0.131. The fraction of sp³-hybridized carbons (Fsp3) is 0.692. The van der Waals surface area contributed by atoms with Gasteiger partial charge < -0.3 is 15.0 Å². The number of cyclic esters (lactones) is 1. The molecule has 6 heteroatoms. The number of alkyl halides is 1. The number of carbonyl (C=O) groups excluding carboxylic acids is 2. The zero-order chi connectivity index (χ0) is 13.6. The molecule has 0 aliphatic carbocycles. The SMILES string of the molecule is CC1=C(N2C[C@H](F)C3(CCNCC3)C2=O)COC1=O. The molecule has 104 valence electrons. The van der Waals surface area contributed by atoms with E-state index >= 15 is 0 Å². The Hall–Kier alpha value is -1.43. The van der Waals surface area contributed by atoms with Gasteiger partial charge in [0.2, 0.25) is 5.91 Å². The molecule has 0 saturated carbocycles. The van der Waals surface area contributed by atoms with Crippen molar-refractivity contribution in [2.75, 3.05) is 26.2 Å². The monoisotopic (exact) mass is 268 g/mol. The maximum Gasteiger partial charge on any atom is 0.336 e. The van der Waals surface area contributed by atoms with E-state index in [1.165, 1.54) is 4.90 Å². The molecule has 5 nitrogen and oxygen atoms in total. The van der Waals surface area contributed by atoms with Crippen molar-refractivity contribution < 1.29 is 18.7 Å². The molecule has 0 aromatic carbocycles. The van der Waals surface area contributed by atoms with Crippen LogP contribution >= 0.6 is 0 Å². The van der Waals surface area contributed by atoms with Crippen LogP contribution in [0.3, 0.4) is 0 Å². The molecule has 1 atom stereocenters. The molecule has 3 heterocycles. The summed E-state index contributed by atoms with van der Waals surface area (Å²) in [6.45, 7) is 3.07. The largest absolute Gasteiger partial charge is 0.456 e. The van der Waals surface area contributed by atoms with Gasteiger partial charge in [0, 0.05) is 0 Å². The van der Waals surface area contributed by atoms with Crippen LogP contribution in [0.2, 0.25) is 0 Å². The van der Waals surface area contributed by atoms with Gasteiger partial charge >= 0.3 is 5.97 Å². The standard InChI is InChI=1S/C13H17FN2O3/c1-8-9(7-19-11(8)17)16-6-10(14)13(12(16)18)2-4-15-5-3-13/h10,15H,2-7H2,1H3/t10-/m0/s1. The summed E-state index contributed by atoms with van der Waals surface area (Å²) in [5, 5.41) is 3.15. The molecular formula is C13H17FN2O3. The van der Waals surface area contributed by atoms with Crippen molar-refractivity contribution in [3.8, 4) is 0 Å². The van der Waals surface area contributed by atoms with Gasteiger partial charge in [-0.25, -0.2) is 9.18 Å². The molecule has 0 unspecified atom stereocenters. The third-order valence-corrected chi connectivity index (χ3v) is 4.51. The van der Waals surface area contributed by atoms with E-state index in [0.29, 0.717) is 37.2 Å². The molecule has 0 aromatic rings. The second-order valence-corrected chi connectivity index (χ2v) is 5.44. The second kappa shape index (κ2) is 4.30. The summed E-state index contributed by atoms with van der Waals surface area (Å²) in [5.74, 6) is -0.599. The van der Waals surface area contributed by atoms with Gasteiger partial charge in [0.05, 0.1) is 23.2 Å². The molecule has 1 N–H and O–H groups in total. The van der Waals surface area contributed by atoms with E-state index in [1.807, 2.05) is 0 Å². The first-order valence-corrected chi connectivity index (χ1v) is 6.60. The Morgan fingerprint density at radius 2 is 2.05 bits per heavy atom. The molecule has 0 radical (unpaired) electrons. The van der Waals surface area contributed by atoms with Crippen molar-refractivity contribution in [3.05, 3.63) is 11.3 Å². The predicted molar refractivity (Wildman–Crippen MR) is 64.8 cm³/mol. The van der Waals surface area contributed by atoms with Gasteiger partial charge in [0.25, 0.3) is 0 Å². The zero-order valence-electron chi connectivity index (χ0n) is 10.9. The quantitative estimate of drug-likeness (QED) is 0.698. The first kappa shape index (κ1) is 12.6. The van der Waals surface area contributed by atoms with Crippen molar-refractivity contribution in [3.63, 3.8) is 0 Å². The van der Waals surface area contributed by atoms with E-state index in [0.717, 1.165) is 0 Å². The van der Waals surface area contributed by atoms with Gasteiger partial charge in [-0.1, -0.05) is 0 Å². The Labute approximate surface area is 110 Å². The number of amides is 1. The molecule has 3 aliphatic heterocycles. The third kappa shape index (κ3) is 1.69. The number of hydrogen-bond donors (Lipinski definition) is 1. The minimum atomic E-state index is -1.17. The Morgan fingerprint density at radius 3 is 2.63 bits per heavy atom. The van der Waals surface area contributed by atoms with Crippen LogP contribution in [-0.2, 0) is 14.3 Å². The highest BCUT2D eigenvalue weighted by atomic mass is 19.1. The van der Waals surface area contributed by atoms with Crippen LogP contribution in [-0.4, -0.2) is 49.2 Å². The number of nitrogens with zero attached hydrogens (tertiary/aromatic N) is 1. The molecular weight excluding hydrogens is 251 g/mol. The first-order valence-electron chi connectivity index (χ1n) is 6.60. The average molecular weight is 268 g/mol. The summed E-state index contributed by atoms with van der Waals surface area (Å²) < 4.78 is 19.3. The van der Waals surface area contributed by atoms with Crippen LogP contribution in [0.25, 0.3) is 0 Å². The van der Waals surface area contributed by atoms with Crippen molar-refractivity contribution in [2.45, 2.75) is 25.9 Å². The normalized spacial score (nSPS) is 30.4. The fourth-order valence-electron chi connectivity index (χ4n) is 3.20. The van der Waals surface area contributed by atoms with Gasteiger partial charge in [-0.2, -0.15) is 0 Å². The molecule has 1 spiro atoms. The minimum absolute atomic E-state index is 0.0438. The maximum absolute atomic E-state index is 14.4. The Bertz CT molecular complexity index is 469. The van der Waals surface area contributed by atoms with Crippen LogP contribution in [0, 0.1) is 5.41 Å². The number of esters is 1. The van der Waals surface area contributed by atoms with E-state index < -0.39 is 17.6 Å². The molecule has 2 fully saturated rings. The third-order valence-electron chi connectivity index (χ3n) is 4.51. The number of likely N-dealkylation sites (tertiary alicyclic amines) is 1. The number of ether oxygens (including phenoxy) is 1. The predicted octanol–water partition coefficient (Wildman–Crippen LogP) is 0.367. The summed E-state index contributed by atoms with van der Waals surface area (Å²) in [5.41, 5.74) is 0.0593. The molecule has 3 aliphatic rings. The van der Waals surface area contributed by atoms with Crippen molar-refractivity contribution >= 4 is 11.9 Å². The van der Waals surface area contributed by atoms with E-state index in [-0.39, 0.29) is 19.1 Å². The molecule has 19 heavy (non-hydrogen) atoms. The van der Waals surface area contributed by atoms with E-state index in [9.17, 15) is 14.0 Å². The zero-order valence-corrected chi connectivity index (χ0v) is 10.9. The number of halogens is 1. The smallest absolute Gasteiger partial charge is 0.336 e. The van der Waals surface area contributed by atoms with Crippen LogP contribution in [0.1, 0.15) is 19.8 Å². The van der Waals surface area contributed by atoms with Crippen LogP contribution < -0.4 is 5.32 Å². The number of hydrogen-bond acceptors (Lipinski definition) is 4. The molecule has 0 bridgehead atoms. The lowest BCUT2D eigenvalue weighted by Gasteiger charge is -2.33. The van der Waals surface area contributed by atoms with Crippen molar-refractivity contribution in [2.24, 2.45) is 5.41 Å². The van der Waals surface area contributed by atoms with Gasteiger partial charge in [-0.3, -0.25) is 4.79 Å². The highest BCUT2D eigenvalue weighted by Gasteiger charge is 2.56. The van der Waals surface area contributed by atoms with Gasteiger partial charge in [0.15, 0.2) is 0 Å². The summed E-state index contributed by atoms with van der Waals surface area (Å²) in [4.78, 5) is 25.4. The van der Waals surface area contributed by atoms with Crippen molar-refractivity contribution in [1.29, 1.82) is 0 Å². The lowest BCUT2D eigenvalue weighted by molar-refractivity contribution is -0.138. The topological polar surface area (TPSA) is 58.6 Å². The molecule has 0 aromatic heterocycles. The highest BCUT2D eigenvalue weighted by Crippen LogP contribution is 2.44. The van der Waals surface area contributed by atoms with Crippen LogP contribution in [0.15, 0.2) is 11.3 Å². The maximum atomic E-state index is 14.4. The molecule has 1 amide bonds. The molecule has 2 saturated heterocycles. The lowest BCUT2D eigenvalue weighted by atomic mass is 9.76. The Morgan fingerprint density at radius 1 is 1.37 bits per heavy atom. The second-order valence-electron chi connectivity index (χ2n) is 5.44. The summed E-state index contributed by atoms with van der Waals surface area (Å²) in [6, 6.07) is 0. The van der Waals surface area contributed by atoms with E-state index in [2.05, 4.69) is 5.32 Å². The van der Waals surface area contributed by atoms with Crippen LogP contribution in [0.4, 0.5) is 4.39 Å². The number of nitrogens with one attached hydrogen (secondary N) is 1. The number of piperidine rings is 1. The Kier molecular flexibility index (Phi) is 2.85. The van der Waals surface area contributed by atoms with Crippen molar-refractivity contribution in [1.82, 2.24) is 10.2 Å². The van der Waals surface area contributed by atoms with E-state index in [4.69, 9.17) is 4.74 Å². The van der Waals surface area contributed by atoms with E-state index in [1.54, 1.807) is 6.92 Å². The summed E-state index contributed by atoms with van der Waals surface area (Å²) >= 11 is 0. The lowest BCUT2D eigenvalue weighted by Crippen LogP contribution is -2.46. The van der Waals surface area contributed by atoms with Crippen LogP contribution in [0.5, 0.6) is 0 Å². The minimum Gasteiger partial charge on any atom is -0.456 e. The number of rotatable bonds is 1. The molecule has 3 rings (SSSR count). The Balaban J connectivity index is 1.91. The average Bonchev–Trinajstić information content (AvgIpc) is 2.86. The number of carbonyl (C=O) groups is 2. The van der Waals surface area contributed by atoms with Gasteiger partial charge in [-0.05, 0) is 32.9 Å². The highest BCUT2D eigenvalue weighted by molar-refractivity contribution is 5.94. The van der Waals surface area contributed by atoms with Gasteiger partial charge in [-0.15, -0.1) is 0 Å².